The largest absolute Gasteiger partial charge is 0.331 e. The van der Waals surface area contributed by atoms with Gasteiger partial charge in [0.05, 0.1) is 18.3 Å². The van der Waals surface area contributed by atoms with Crippen molar-refractivity contribution in [3.63, 3.8) is 0 Å². The molecule has 1 fully saturated rings. The van der Waals surface area contributed by atoms with Gasteiger partial charge in [-0.1, -0.05) is 78.2 Å². The van der Waals surface area contributed by atoms with Crippen LogP contribution in [0.5, 0.6) is 0 Å². The second kappa shape index (κ2) is 9.91. The summed E-state index contributed by atoms with van der Waals surface area (Å²) in [6, 6.07) is 25.3. The fourth-order valence-electron chi connectivity index (χ4n) is 5.13. The highest BCUT2D eigenvalue weighted by atomic mass is 35.5. The van der Waals surface area contributed by atoms with E-state index in [2.05, 4.69) is 40.7 Å². The molecule has 2 heterocycles. The Labute approximate surface area is 212 Å². The lowest BCUT2D eigenvalue weighted by atomic mass is 9.98. The van der Waals surface area contributed by atoms with Crippen LogP contribution in [0.4, 0.5) is 0 Å². The van der Waals surface area contributed by atoms with E-state index >= 15 is 0 Å². The van der Waals surface area contributed by atoms with Gasteiger partial charge < -0.3 is 4.57 Å². The third kappa shape index (κ3) is 4.62. The monoisotopic (exact) mass is 502 g/mol. The molecule has 1 unspecified atom stereocenters. The quantitative estimate of drug-likeness (QED) is 0.277. The first-order chi connectivity index (χ1) is 17.0. The van der Waals surface area contributed by atoms with E-state index in [1.807, 2.05) is 37.3 Å². The lowest BCUT2D eigenvalue weighted by molar-refractivity contribution is 0.384. The van der Waals surface area contributed by atoms with E-state index in [0.29, 0.717) is 18.1 Å². The Morgan fingerprint density at radius 1 is 0.971 bits per heavy atom. The average Bonchev–Trinajstić information content (AvgIpc) is 3.48. The van der Waals surface area contributed by atoms with E-state index < -0.39 is 10.0 Å². The molecule has 1 atom stereocenters. The molecule has 1 aromatic heterocycles. The van der Waals surface area contributed by atoms with Gasteiger partial charge in [0, 0.05) is 33.7 Å². The second-order valence-electron chi connectivity index (χ2n) is 8.81. The zero-order valence-corrected chi connectivity index (χ0v) is 21.2. The third-order valence-electron chi connectivity index (χ3n) is 6.63. The fraction of sp³-hybridized carbons (Fsp3) is 0.241. The van der Waals surface area contributed by atoms with Crippen molar-refractivity contribution in [1.29, 1.82) is 0 Å². The number of para-hydroxylation sites is 1. The highest BCUT2D eigenvalue weighted by Crippen LogP contribution is 2.44. The summed E-state index contributed by atoms with van der Waals surface area (Å²) in [5, 5.41) is 1.72. The summed E-state index contributed by atoms with van der Waals surface area (Å²) in [6.07, 6.45) is 1.59. The van der Waals surface area contributed by atoms with Crippen molar-refractivity contribution in [2.75, 3.05) is 6.54 Å². The molecule has 4 aromatic rings. The van der Waals surface area contributed by atoms with Crippen LogP contribution in [0.2, 0.25) is 5.02 Å². The minimum absolute atomic E-state index is 0.0453. The first-order valence-electron chi connectivity index (χ1n) is 11.8. The summed E-state index contributed by atoms with van der Waals surface area (Å²) in [6.45, 7) is 2.86. The van der Waals surface area contributed by atoms with Gasteiger partial charge >= 0.3 is 0 Å². The molecule has 0 amide bonds. The van der Waals surface area contributed by atoms with E-state index in [-0.39, 0.29) is 11.8 Å². The Balaban J connectivity index is 1.67. The summed E-state index contributed by atoms with van der Waals surface area (Å²) in [5.74, 6) is 6.18. The van der Waals surface area contributed by atoms with Gasteiger partial charge in [0.25, 0.3) is 0 Å². The van der Waals surface area contributed by atoms with E-state index in [9.17, 15) is 8.42 Å². The van der Waals surface area contributed by atoms with Crippen molar-refractivity contribution in [1.82, 2.24) is 8.87 Å². The van der Waals surface area contributed by atoms with Gasteiger partial charge in [0.1, 0.15) is 0 Å². The van der Waals surface area contributed by atoms with E-state index in [0.717, 1.165) is 46.1 Å². The van der Waals surface area contributed by atoms with Crippen molar-refractivity contribution in [2.24, 2.45) is 0 Å². The topological polar surface area (TPSA) is 42.3 Å². The van der Waals surface area contributed by atoms with E-state index in [1.54, 1.807) is 28.6 Å². The lowest BCUT2D eigenvalue weighted by Gasteiger charge is -2.27. The van der Waals surface area contributed by atoms with Crippen LogP contribution in [0, 0.1) is 11.8 Å². The maximum Gasteiger partial charge on any atom is 0.218 e. The third-order valence-corrected chi connectivity index (χ3v) is 8.73. The van der Waals surface area contributed by atoms with Gasteiger partial charge in [-0.2, -0.15) is 4.31 Å². The molecule has 0 spiro atoms. The average molecular weight is 503 g/mol. The van der Waals surface area contributed by atoms with Crippen LogP contribution in [0.25, 0.3) is 22.0 Å². The van der Waals surface area contributed by atoms with E-state index in [1.165, 1.54) is 0 Å². The Hall–Kier alpha value is -3.04. The fourth-order valence-corrected chi connectivity index (χ4v) is 7.03. The first kappa shape index (κ1) is 23.7. The number of hydrogen-bond acceptors (Lipinski definition) is 2. The zero-order valence-electron chi connectivity index (χ0n) is 19.6. The second-order valence-corrected chi connectivity index (χ2v) is 11.2. The van der Waals surface area contributed by atoms with Crippen LogP contribution in [0.3, 0.4) is 0 Å². The summed E-state index contributed by atoms with van der Waals surface area (Å²) in [4.78, 5) is 0. The van der Waals surface area contributed by atoms with Crippen molar-refractivity contribution in [3.8, 4) is 23.0 Å². The highest BCUT2D eigenvalue weighted by Gasteiger charge is 2.39. The number of hydrogen-bond donors (Lipinski definition) is 0. The predicted molar refractivity (Wildman–Crippen MR) is 144 cm³/mol. The van der Waals surface area contributed by atoms with Crippen LogP contribution in [-0.2, 0) is 22.3 Å². The number of halogens is 1. The molecule has 0 saturated carbocycles. The molecule has 178 valence electrons. The van der Waals surface area contributed by atoms with Crippen molar-refractivity contribution < 1.29 is 8.42 Å². The number of rotatable bonds is 6. The minimum atomic E-state index is -3.56. The highest BCUT2D eigenvalue weighted by molar-refractivity contribution is 7.88. The molecule has 35 heavy (non-hydrogen) atoms. The molecule has 0 N–H and O–H groups in total. The maximum absolute atomic E-state index is 13.7. The maximum atomic E-state index is 13.7. The van der Waals surface area contributed by atoms with Crippen molar-refractivity contribution in [2.45, 2.75) is 38.1 Å². The van der Waals surface area contributed by atoms with Gasteiger partial charge in [-0.3, -0.25) is 0 Å². The molecule has 1 aliphatic heterocycles. The van der Waals surface area contributed by atoms with Crippen molar-refractivity contribution in [3.05, 3.63) is 95.1 Å². The van der Waals surface area contributed by atoms with Gasteiger partial charge in [0.2, 0.25) is 10.0 Å². The molecule has 1 aliphatic rings. The smallest absolute Gasteiger partial charge is 0.218 e. The SMILES string of the molecule is CC#CCn1c(C2CCCN2S(=O)(=O)Cc2ccc(Cl)cc2)c(-c2ccccc2)c2ccccc21. The predicted octanol–water partition coefficient (Wildman–Crippen LogP) is 6.65. The standard InChI is InChI=1S/C29H27ClN2O2S/c1-2-3-19-31-26-13-8-7-12-25(26)28(23-10-5-4-6-11-23)29(31)27-14-9-20-32(27)35(33,34)21-22-15-17-24(30)18-16-22/h4-8,10-13,15-18,27H,9,14,19-21H2,1H3. The molecule has 6 heteroatoms. The zero-order chi connectivity index (χ0) is 24.4. The summed E-state index contributed by atoms with van der Waals surface area (Å²) >= 11 is 6.01. The van der Waals surface area contributed by atoms with Gasteiger partial charge in [-0.05, 0) is 49.1 Å². The number of fused-ring (bicyclic) bond motifs is 1. The van der Waals surface area contributed by atoms with Gasteiger partial charge in [-0.15, -0.1) is 5.92 Å². The number of nitrogens with zero attached hydrogens (tertiary/aromatic N) is 2. The molecule has 0 radical (unpaired) electrons. The first-order valence-corrected chi connectivity index (χ1v) is 13.8. The Morgan fingerprint density at radius 2 is 1.69 bits per heavy atom. The molecular weight excluding hydrogens is 476 g/mol. The summed E-state index contributed by atoms with van der Waals surface area (Å²) in [5.41, 5.74) is 5.02. The number of sulfonamides is 1. The molecule has 3 aromatic carbocycles. The van der Waals surface area contributed by atoms with Crippen LogP contribution in [0.1, 0.15) is 37.1 Å². The molecule has 1 saturated heterocycles. The Morgan fingerprint density at radius 3 is 2.43 bits per heavy atom. The van der Waals surface area contributed by atoms with Crippen molar-refractivity contribution >= 4 is 32.5 Å². The molecule has 4 nitrogen and oxygen atoms in total. The Kier molecular flexibility index (Phi) is 6.71. The van der Waals surface area contributed by atoms with Gasteiger partial charge in [-0.25, -0.2) is 8.42 Å². The minimum Gasteiger partial charge on any atom is -0.331 e. The molecule has 0 bridgehead atoms. The summed E-state index contributed by atoms with van der Waals surface area (Å²) < 4.78 is 31.4. The van der Waals surface area contributed by atoms with Crippen LogP contribution < -0.4 is 0 Å². The van der Waals surface area contributed by atoms with Crippen LogP contribution >= 0.6 is 11.6 Å². The number of benzene rings is 3. The normalized spacial score (nSPS) is 16.3. The lowest BCUT2D eigenvalue weighted by Crippen LogP contribution is -2.33. The van der Waals surface area contributed by atoms with Gasteiger partial charge in [0.15, 0.2) is 0 Å². The molecular formula is C29H27ClN2O2S. The van der Waals surface area contributed by atoms with Crippen LogP contribution in [-0.4, -0.2) is 23.8 Å². The summed E-state index contributed by atoms with van der Waals surface area (Å²) in [7, 11) is -3.56. The van der Waals surface area contributed by atoms with E-state index in [4.69, 9.17) is 11.6 Å². The molecule has 0 aliphatic carbocycles. The number of aromatic nitrogens is 1. The molecule has 5 rings (SSSR count). The Bertz CT molecular complexity index is 1510. The van der Waals surface area contributed by atoms with Crippen LogP contribution in [0.15, 0.2) is 78.9 Å².